The zero-order valence-electron chi connectivity index (χ0n) is 14.6. The van der Waals surface area contributed by atoms with Gasteiger partial charge in [-0.1, -0.05) is 29.3 Å². The van der Waals surface area contributed by atoms with Crippen LogP contribution >= 0.6 is 23.2 Å². The molecule has 2 N–H and O–H groups in total. The second-order valence-corrected chi connectivity index (χ2v) is 9.02. The van der Waals surface area contributed by atoms with E-state index >= 15 is 0 Å². The first kappa shape index (κ1) is 20.6. The minimum Gasteiger partial charge on any atom is -0.267 e. The summed E-state index contributed by atoms with van der Waals surface area (Å²) in [5.41, 5.74) is 4.77. The van der Waals surface area contributed by atoms with Crippen molar-refractivity contribution in [2.45, 2.75) is 17.7 Å². The van der Waals surface area contributed by atoms with Crippen LogP contribution in [-0.4, -0.2) is 37.6 Å². The third-order valence-corrected chi connectivity index (χ3v) is 6.54. The summed E-state index contributed by atoms with van der Waals surface area (Å²) in [4.78, 5) is 24.5. The Balaban J connectivity index is 1.70. The molecule has 1 aliphatic heterocycles. The minimum absolute atomic E-state index is 0.0370. The van der Waals surface area contributed by atoms with Crippen molar-refractivity contribution in [3.05, 3.63) is 63.6 Å². The van der Waals surface area contributed by atoms with Gasteiger partial charge in [-0.05, 0) is 49.2 Å². The van der Waals surface area contributed by atoms with Gasteiger partial charge in [-0.3, -0.25) is 20.4 Å². The molecule has 0 aliphatic carbocycles. The van der Waals surface area contributed by atoms with Gasteiger partial charge in [0.25, 0.3) is 11.8 Å². The van der Waals surface area contributed by atoms with Gasteiger partial charge in [0.15, 0.2) is 0 Å². The molecule has 0 unspecified atom stereocenters. The molecule has 2 aromatic carbocycles. The Bertz CT molecular complexity index is 1000. The average Bonchev–Trinajstić information content (AvgIpc) is 3.21. The van der Waals surface area contributed by atoms with Gasteiger partial charge < -0.3 is 0 Å². The molecule has 2 amide bonds. The third kappa shape index (κ3) is 4.64. The van der Waals surface area contributed by atoms with Gasteiger partial charge in [0, 0.05) is 34.3 Å². The zero-order valence-corrected chi connectivity index (χ0v) is 16.9. The Hall–Kier alpha value is -2.13. The molecule has 0 aromatic heterocycles. The predicted molar refractivity (Wildman–Crippen MR) is 106 cm³/mol. The SMILES string of the molecule is O=C(NNC(=O)c1cccc(S(=O)(=O)N2CCCC2)c1)c1cc(Cl)cc(Cl)c1. The maximum Gasteiger partial charge on any atom is 0.269 e. The Morgan fingerprint density at radius 1 is 0.857 bits per heavy atom. The Morgan fingerprint density at radius 3 is 2.04 bits per heavy atom. The Kier molecular flexibility index (Phi) is 6.24. The van der Waals surface area contributed by atoms with Crippen LogP contribution in [0, 0.1) is 0 Å². The van der Waals surface area contributed by atoms with Crippen molar-refractivity contribution in [2.24, 2.45) is 0 Å². The first-order chi connectivity index (χ1) is 13.3. The van der Waals surface area contributed by atoms with Gasteiger partial charge in [-0.15, -0.1) is 0 Å². The number of hydrogen-bond donors (Lipinski definition) is 2. The van der Waals surface area contributed by atoms with Gasteiger partial charge >= 0.3 is 0 Å². The Morgan fingerprint density at radius 2 is 1.43 bits per heavy atom. The highest BCUT2D eigenvalue weighted by molar-refractivity contribution is 7.89. The van der Waals surface area contributed by atoms with Gasteiger partial charge in [0.1, 0.15) is 0 Å². The molecule has 148 valence electrons. The van der Waals surface area contributed by atoms with E-state index in [0.717, 1.165) is 12.8 Å². The van der Waals surface area contributed by atoms with Crippen LogP contribution in [0.4, 0.5) is 0 Å². The zero-order chi connectivity index (χ0) is 20.3. The molecule has 2 aromatic rings. The Labute approximate surface area is 172 Å². The number of carbonyl (C=O) groups is 2. The highest BCUT2D eigenvalue weighted by atomic mass is 35.5. The molecule has 0 spiro atoms. The van der Waals surface area contributed by atoms with Crippen LogP contribution in [0.5, 0.6) is 0 Å². The molecular weight excluding hydrogens is 425 g/mol. The summed E-state index contributed by atoms with van der Waals surface area (Å²) in [6.07, 6.45) is 1.64. The number of amides is 2. The number of carbonyl (C=O) groups excluding carboxylic acids is 2. The lowest BCUT2D eigenvalue weighted by molar-refractivity contribution is 0.0846. The van der Waals surface area contributed by atoms with Crippen LogP contribution in [0.2, 0.25) is 10.0 Å². The van der Waals surface area contributed by atoms with E-state index in [-0.39, 0.29) is 26.1 Å². The number of rotatable bonds is 4. The monoisotopic (exact) mass is 441 g/mol. The number of nitrogens with zero attached hydrogens (tertiary/aromatic N) is 1. The third-order valence-electron chi connectivity index (χ3n) is 4.21. The second-order valence-electron chi connectivity index (χ2n) is 6.21. The highest BCUT2D eigenvalue weighted by Crippen LogP contribution is 2.22. The number of nitrogens with one attached hydrogen (secondary N) is 2. The fraction of sp³-hybridized carbons (Fsp3) is 0.222. The first-order valence-electron chi connectivity index (χ1n) is 8.44. The molecule has 3 rings (SSSR count). The fourth-order valence-corrected chi connectivity index (χ4v) is 4.91. The van der Waals surface area contributed by atoms with Crippen molar-refractivity contribution >= 4 is 45.0 Å². The van der Waals surface area contributed by atoms with E-state index in [1.165, 1.54) is 46.8 Å². The van der Waals surface area contributed by atoms with E-state index in [1.807, 2.05) is 0 Å². The summed E-state index contributed by atoms with van der Waals surface area (Å²) < 4.78 is 26.6. The standard InChI is InChI=1S/C18H17Cl2N3O4S/c19-14-8-13(9-15(20)11-14)18(25)22-21-17(24)12-4-3-5-16(10-12)28(26,27)23-6-1-2-7-23/h3-5,8-11H,1-2,6-7H2,(H,21,24)(H,22,25). The minimum atomic E-state index is -3.64. The maximum atomic E-state index is 12.6. The van der Waals surface area contributed by atoms with Gasteiger partial charge in [-0.2, -0.15) is 4.31 Å². The summed E-state index contributed by atoms with van der Waals surface area (Å²) in [5.74, 6) is -1.27. The summed E-state index contributed by atoms with van der Waals surface area (Å²) in [6.45, 7) is 0.939. The normalized spacial score (nSPS) is 14.6. The molecule has 10 heteroatoms. The molecule has 0 saturated carbocycles. The topological polar surface area (TPSA) is 95.6 Å². The van der Waals surface area contributed by atoms with E-state index in [1.54, 1.807) is 0 Å². The highest BCUT2D eigenvalue weighted by Gasteiger charge is 2.27. The smallest absolute Gasteiger partial charge is 0.267 e. The van der Waals surface area contributed by atoms with E-state index in [4.69, 9.17) is 23.2 Å². The molecule has 7 nitrogen and oxygen atoms in total. The van der Waals surface area contributed by atoms with E-state index in [9.17, 15) is 18.0 Å². The lowest BCUT2D eigenvalue weighted by Gasteiger charge is -2.16. The maximum absolute atomic E-state index is 12.6. The van der Waals surface area contributed by atoms with E-state index < -0.39 is 21.8 Å². The molecule has 28 heavy (non-hydrogen) atoms. The summed E-state index contributed by atoms with van der Waals surface area (Å²) in [7, 11) is -3.64. The number of sulfonamides is 1. The van der Waals surface area contributed by atoms with Crippen molar-refractivity contribution in [3.8, 4) is 0 Å². The first-order valence-corrected chi connectivity index (χ1v) is 10.6. The molecule has 1 aliphatic rings. The predicted octanol–water partition coefficient (Wildman–Crippen LogP) is 2.85. The molecule has 0 radical (unpaired) electrons. The van der Waals surface area contributed by atoms with Crippen LogP contribution < -0.4 is 10.9 Å². The molecule has 0 atom stereocenters. The summed E-state index contributed by atoms with van der Waals surface area (Å²) >= 11 is 11.7. The van der Waals surface area contributed by atoms with Crippen LogP contribution in [0.15, 0.2) is 47.4 Å². The van der Waals surface area contributed by atoms with Crippen molar-refractivity contribution in [1.82, 2.24) is 15.2 Å². The number of hydrazine groups is 1. The number of halogens is 2. The van der Waals surface area contributed by atoms with Crippen molar-refractivity contribution in [1.29, 1.82) is 0 Å². The van der Waals surface area contributed by atoms with Crippen LogP contribution in [0.25, 0.3) is 0 Å². The van der Waals surface area contributed by atoms with Gasteiger partial charge in [0.2, 0.25) is 10.0 Å². The molecular formula is C18H17Cl2N3O4S. The van der Waals surface area contributed by atoms with Crippen LogP contribution in [0.1, 0.15) is 33.6 Å². The fourth-order valence-electron chi connectivity index (χ4n) is 2.82. The van der Waals surface area contributed by atoms with Crippen molar-refractivity contribution in [3.63, 3.8) is 0 Å². The van der Waals surface area contributed by atoms with Crippen molar-refractivity contribution < 1.29 is 18.0 Å². The molecule has 1 saturated heterocycles. The largest absolute Gasteiger partial charge is 0.269 e. The van der Waals surface area contributed by atoms with Crippen molar-refractivity contribution in [2.75, 3.05) is 13.1 Å². The van der Waals surface area contributed by atoms with Crippen LogP contribution in [-0.2, 0) is 10.0 Å². The number of benzene rings is 2. The quantitative estimate of drug-likeness (QED) is 0.712. The average molecular weight is 442 g/mol. The second kappa shape index (κ2) is 8.48. The molecule has 1 fully saturated rings. The summed E-state index contributed by atoms with van der Waals surface area (Å²) in [5, 5.41) is 0.563. The summed E-state index contributed by atoms with van der Waals surface area (Å²) in [6, 6.07) is 9.95. The molecule has 0 bridgehead atoms. The lowest BCUT2D eigenvalue weighted by Crippen LogP contribution is -2.41. The number of hydrogen-bond acceptors (Lipinski definition) is 4. The van der Waals surface area contributed by atoms with E-state index in [0.29, 0.717) is 13.1 Å². The molecule has 1 heterocycles. The lowest BCUT2D eigenvalue weighted by atomic mass is 10.2. The van der Waals surface area contributed by atoms with Crippen LogP contribution in [0.3, 0.4) is 0 Å². The van der Waals surface area contributed by atoms with Gasteiger partial charge in [-0.25, -0.2) is 8.42 Å². The van der Waals surface area contributed by atoms with Gasteiger partial charge in [0.05, 0.1) is 4.90 Å². The van der Waals surface area contributed by atoms with E-state index in [2.05, 4.69) is 10.9 Å².